The topological polar surface area (TPSA) is 88.4 Å². The molecule has 0 spiro atoms. The lowest BCUT2D eigenvalue weighted by molar-refractivity contribution is -0.137. The summed E-state index contributed by atoms with van der Waals surface area (Å²) < 4.78 is 1.50. The van der Waals surface area contributed by atoms with Crippen molar-refractivity contribution in [3.63, 3.8) is 0 Å². The van der Waals surface area contributed by atoms with Gasteiger partial charge in [0.15, 0.2) is 0 Å². The minimum absolute atomic E-state index is 0.248. The van der Waals surface area contributed by atoms with Crippen LogP contribution < -0.4 is 10.9 Å². The van der Waals surface area contributed by atoms with Gasteiger partial charge in [-0.05, 0) is 49.1 Å². The second-order valence-corrected chi connectivity index (χ2v) is 9.66. The summed E-state index contributed by atoms with van der Waals surface area (Å²) >= 11 is 6.33. The molecular weight excluding hydrogens is 476 g/mol. The Bertz CT molecular complexity index is 1270. The molecule has 6 nitrogen and oxygen atoms in total. The van der Waals surface area contributed by atoms with Crippen LogP contribution in [-0.4, -0.2) is 21.6 Å². The molecule has 2 atom stereocenters. The van der Waals surface area contributed by atoms with Crippen molar-refractivity contribution >= 4 is 23.5 Å². The lowest BCUT2D eigenvalue weighted by atomic mass is 10.0. The first kappa shape index (κ1) is 27.2. The van der Waals surface area contributed by atoms with Crippen LogP contribution in [0.15, 0.2) is 65.6 Å². The SMILES string of the molecule is CCCCC(C(=O)N[C@@H](CC(=O)O)c1ccc(C)cc1)n1cc(C)cc(Cc2ccccc2Cl)c1=O. The van der Waals surface area contributed by atoms with Crippen LogP contribution in [0.3, 0.4) is 0 Å². The molecule has 1 unspecified atom stereocenters. The lowest BCUT2D eigenvalue weighted by Crippen LogP contribution is -2.40. The molecule has 1 aromatic heterocycles. The number of nitrogens with one attached hydrogen (secondary N) is 1. The largest absolute Gasteiger partial charge is 0.481 e. The molecule has 0 aliphatic carbocycles. The second kappa shape index (κ2) is 12.5. The van der Waals surface area contributed by atoms with Gasteiger partial charge >= 0.3 is 5.97 Å². The van der Waals surface area contributed by atoms with Crippen LogP contribution in [0.25, 0.3) is 0 Å². The molecule has 7 heteroatoms. The van der Waals surface area contributed by atoms with E-state index >= 15 is 0 Å². The molecule has 3 aromatic rings. The fourth-order valence-corrected chi connectivity index (χ4v) is 4.51. The van der Waals surface area contributed by atoms with Crippen LogP contribution >= 0.6 is 11.6 Å². The number of hydrogen-bond acceptors (Lipinski definition) is 3. The summed E-state index contributed by atoms with van der Waals surface area (Å²) in [5.74, 6) is -1.38. The quantitative estimate of drug-likeness (QED) is 0.344. The monoisotopic (exact) mass is 508 g/mol. The number of aliphatic carboxylic acids is 1. The molecule has 3 rings (SSSR count). The predicted octanol–water partition coefficient (Wildman–Crippen LogP) is 5.77. The fraction of sp³-hybridized carbons (Fsp3) is 0.345. The van der Waals surface area contributed by atoms with Gasteiger partial charge in [-0.25, -0.2) is 0 Å². The summed E-state index contributed by atoms with van der Waals surface area (Å²) in [4.78, 5) is 38.7. The first-order chi connectivity index (χ1) is 17.2. The van der Waals surface area contributed by atoms with Crippen LogP contribution in [0.4, 0.5) is 0 Å². The van der Waals surface area contributed by atoms with E-state index in [9.17, 15) is 19.5 Å². The molecule has 0 saturated carbocycles. The van der Waals surface area contributed by atoms with E-state index in [-0.39, 0.29) is 17.9 Å². The highest BCUT2D eigenvalue weighted by atomic mass is 35.5. The van der Waals surface area contributed by atoms with Crippen molar-refractivity contribution < 1.29 is 14.7 Å². The Kier molecular flexibility index (Phi) is 9.48. The van der Waals surface area contributed by atoms with Gasteiger partial charge in [0, 0.05) is 23.2 Å². The maximum atomic E-state index is 13.6. The van der Waals surface area contributed by atoms with Crippen molar-refractivity contribution in [2.24, 2.45) is 0 Å². The average Bonchev–Trinajstić information content (AvgIpc) is 2.83. The molecule has 0 fully saturated rings. The summed E-state index contributed by atoms with van der Waals surface area (Å²) in [5.41, 5.74) is 3.74. The molecular formula is C29H33ClN2O4. The Morgan fingerprint density at radius 3 is 2.36 bits per heavy atom. The zero-order valence-electron chi connectivity index (χ0n) is 21.0. The maximum Gasteiger partial charge on any atom is 0.305 e. The number of nitrogens with zero attached hydrogens (tertiary/aromatic N) is 1. The number of aryl methyl sites for hydroxylation is 2. The van der Waals surface area contributed by atoms with Gasteiger partial charge in [-0.15, -0.1) is 0 Å². The number of carboxylic acid groups (broad SMARTS) is 1. The number of pyridine rings is 1. The number of hydrogen-bond donors (Lipinski definition) is 2. The number of halogens is 1. The molecule has 2 aromatic carbocycles. The van der Waals surface area contributed by atoms with Crippen LogP contribution in [0.5, 0.6) is 0 Å². The highest BCUT2D eigenvalue weighted by Gasteiger charge is 2.26. The van der Waals surface area contributed by atoms with Crippen LogP contribution in [-0.2, 0) is 16.0 Å². The number of aromatic nitrogens is 1. The highest BCUT2D eigenvalue weighted by molar-refractivity contribution is 6.31. The zero-order valence-corrected chi connectivity index (χ0v) is 21.7. The van der Waals surface area contributed by atoms with E-state index in [2.05, 4.69) is 5.32 Å². The molecule has 0 aliphatic heterocycles. The van der Waals surface area contributed by atoms with Gasteiger partial charge in [0.2, 0.25) is 5.91 Å². The first-order valence-electron chi connectivity index (χ1n) is 12.2. The fourth-order valence-electron chi connectivity index (χ4n) is 4.31. The van der Waals surface area contributed by atoms with Gasteiger partial charge < -0.3 is 15.0 Å². The molecule has 0 saturated heterocycles. The third kappa shape index (κ3) is 7.08. The number of benzene rings is 2. The number of carbonyl (C=O) groups excluding carboxylic acids is 1. The van der Waals surface area contributed by atoms with Crippen molar-refractivity contribution in [1.29, 1.82) is 0 Å². The lowest BCUT2D eigenvalue weighted by Gasteiger charge is -2.24. The second-order valence-electron chi connectivity index (χ2n) is 9.25. The smallest absolute Gasteiger partial charge is 0.305 e. The van der Waals surface area contributed by atoms with E-state index in [1.165, 1.54) is 4.57 Å². The Hall–Kier alpha value is -3.38. The average molecular weight is 509 g/mol. The minimum Gasteiger partial charge on any atom is -0.481 e. The summed E-state index contributed by atoms with van der Waals surface area (Å²) in [6.45, 7) is 5.86. The molecule has 0 aliphatic rings. The number of carboxylic acids is 1. The standard InChI is InChI=1S/C29H33ClN2O4/c1-4-5-10-26(28(35)31-25(17-27(33)34)21-13-11-19(2)12-14-21)32-18-20(3)15-23(29(32)36)16-22-8-6-7-9-24(22)30/h6-9,11-15,18,25-26H,4-5,10,16-17H2,1-3H3,(H,31,35)(H,33,34)/t25-,26?/m0/s1. The third-order valence-corrected chi connectivity index (χ3v) is 6.61. The summed E-state index contributed by atoms with van der Waals surface area (Å²) in [6.07, 6.45) is 3.87. The summed E-state index contributed by atoms with van der Waals surface area (Å²) in [7, 11) is 0. The zero-order chi connectivity index (χ0) is 26.2. The predicted molar refractivity (Wildman–Crippen MR) is 143 cm³/mol. The summed E-state index contributed by atoms with van der Waals surface area (Å²) in [5, 5.41) is 13.0. The number of unbranched alkanes of at least 4 members (excludes halogenated alkanes) is 1. The van der Waals surface area contributed by atoms with Crippen molar-refractivity contribution in [1.82, 2.24) is 9.88 Å². The van der Waals surface area contributed by atoms with Crippen LogP contribution in [0.1, 0.15) is 72.5 Å². The molecule has 190 valence electrons. The van der Waals surface area contributed by atoms with Crippen molar-refractivity contribution in [3.8, 4) is 0 Å². The molecule has 1 heterocycles. The van der Waals surface area contributed by atoms with Gasteiger partial charge in [-0.1, -0.05) is 79.4 Å². The Morgan fingerprint density at radius 2 is 1.72 bits per heavy atom. The Morgan fingerprint density at radius 1 is 1.03 bits per heavy atom. The van der Waals surface area contributed by atoms with E-state index in [1.54, 1.807) is 12.3 Å². The maximum absolute atomic E-state index is 13.6. The van der Waals surface area contributed by atoms with Crippen molar-refractivity contribution in [2.45, 2.75) is 65.0 Å². The molecule has 36 heavy (non-hydrogen) atoms. The summed E-state index contributed by atoms with van der Waals surface area (Å²) in [6, 6.07) is 15.2. The normalized spacial score (nSPS) is 12.7. The third-order valence-electron chi connectivity index (χ3n) is 6.24. The van der Waals surface area contributed by atoms with E-state index in [0.717, 1.165) is 29.5 Å². The molecule has 2 N–H and O–H groups in total. The molecule has 0 radical (unpaired) electrons. The number of carbonyl (C=O) groups is 2. The molecule has 0 bridgehead atoms. The van der Waals surface area contributed by atoms with Gasteiger partial charge in [-0.3, -0.25) is 14.4 Å². The van der Waals surface area contributed by atoms with Gasteiger partial charge in [0.05, 0.1) is 12.5 Å². The van der Waals surface area contributed by atoms with Crippen LogP contribution in [0, 0.1) is 13.8 Å². The van der Waals surface area contributed by atoms with E-state index < -0.39 is 18.1 Å². The minimum atomic E-state index is -1.01. The number of amides is 1. The first-order valence-corrected chi connectivity index (χ1v) is 12.6. The van der Waals surface area contributed by atoms with Gasteiger partial charge in [0.1, 0.15) is 6.04 Å². The highest BCUT2D eigenvalue weighted by Crippen LogP contribution is 2.23. The van der Waals surface area contributed by atoms with Gasteiger partial charge in [0.25, 0.3) is 5.56 Å². The van der Waals surface area contributed by atoms with Crippen molar-refractivity contribution in [2.75, 3.05) is 0 Å². The van der Waals surface area contributed by atoms with E-state index in [4.69, 9.17) is 11.6 Å². The Balaban J connectivity index is 1.97. The van der Waals surface area contributed by atoms with E-state index in [1.807, 2.05) is 69.3 Å². The van der Waals surface area contributed by atoms with Crippen LogP contribution in [0.2, 0.25) is 5.02 Å². The van der Waals surface area contributed by atoms with E-state index in [0.29, 0.717) is 29.0 Å². The van der Waals surface area contributed by atoms with Crippen molar-refractivity contribution in [3.05, 3.63) is 104 Å². The van der Waals surface area contributed by atoms with Gasteiger partial charge in [-0.2, -0.15) is 0 Å². The molecule has 1 amide bonds. The Labute approximate surface area is 216 Å². The number of rotatable bonds is 11.